The summed E-state index contributed by atoms with van der Waals surface area (Å²) in [5, 5.41) is 2.34. The summed E-state index contributed by atoms with van der Waals surface area (Å²) >= 11 is 5.90. The SMILES string of the molecule is O=C(Nc1ccc2c(c1)N(S(=O)(=O)c1cccc(C(F)(F)F)c1)NC2)c1c(F)cccc1Cl. The molecule has 0 aromatic heterocycles. The highest BCUT2D eigenvalue weighted by molar-refractivity contribution is 7.92. The number of hydrogen-bond acceptors (Lipinski definition) is 4. The van der Waals surface area contributed by atoms with E-state index in [0.717, 1.165) is 28.7 Å². The zero-order valence-corrected chi connectivity index (χ0v) is 18.0. The maximum absolute atomic E-state index is 14.0. The second kappa shape index (κ2) is 8.32. The summed E-state index contributed by atoms with van der Waals surface area (Å²) < 4.78 is 80.0. The largest absolute Gasteiger partial charge is 0.416 e. The van der Waals surface area contributed by atoms with Crippen LogP contribution in [0.15, 0.2) is 65.6 Å². The van der Waals surface area contributed by atoms with Gasteiger partial charge in [0, 0.05) is 12.2 Å². The Morgan fingerprint density at radius 1 is 1.06 bits per heavy atom. The number of fused-ring (bicyclic) bond motifs is 1. The van der Waals surface area contributed by atoms with Crippen LogP contribution < -0.4 is 15.2 Å². The Morgan fingerprint density at radius 3 is 2.48 bits per heavy atom. The summed E-state index contributed by atoms with van der Waals surface area (Å²) in [5.74, 6) is -1.69. The molecule has 172 valence electrons. The summed E-state index contributed by atoms with van der Waals surface area (Å²) in [5.41, 5.74) is 1.88. The van der Waals surface area contributed by atoms with Gasteiger partial charge in [-0.15, -0.1) is 0 Å². The van der Waals surface area contributed by atoms with Crippen LogP contribution in [0, 0.1) is 5.82 Å². The zero-order valence-electron chi connectivity index (χ0n) is 16.5. The predicted molar refractivity (Wildman–Crippen MR) is 114 cm³/mol. The van der Waals surface area contributed by atoms with E-state index in [1.165, 1.54) is 30.3 Å². The van der Waals surface area contributed by atoms with Crippen molar-refractivity contribution >= 4 is 38.9 Å². The van der Waals surface area contributed by atoms with E-state index < -0.39 is 38.4 Å². The summed E-state index contributed by atoms with van der Waals surface area (Å²) in [7, 11) is -4.42. The lowest BCUT2D eigenvalue weighted by atomic mass is 10.1. The minimum absolute atomic E-state index is 0.0842. The first-order valence-corrected chi connectivity index (χ1v) is 11.1. The van der Waals surface area contributed by atoms with Gasteiger partial charge in [0.1, 0.15) is 5.82 Å². The monoisotopic (exact) mass is 499 g/mol. The number of alkyl halides is 3. The number of hydrazine groups is 1. The van der Waals surface area contributed by atoms with Gasteiger partial charge in [-0.05, 0) is 48.0 Å². The van der Waals surface area contributed by atoms with Crippen molar-refractivity contribution in [3.8, 4) is 0 Å². The first-order chi connectivity index (χ1) is 15.5. The fraction of sp³-hybridized carbons (Fsp3) is 0.0952. The lowest BCUT2D eigenvalue weighted by Gasteiger charge is -2.20. The Hall–Kier alpha value is -3.15. The highest BCUT2D eigenvalue weighted by atomic mass is 35.5. The van der Waals surface area contributed by atoms with Gasteiger partial charge in [0.15, 0.2) is 0 Å². The van der Waals surface area contributed by atoms with Crippen molar-refractivity contribution in [3.05, 3.63) is 88.2 Å². The molecule has 0 fully saturated rings. The number of nitrogens with zero attached hydrogens (tertiary/aromatic N) is 1. The molecule has 2 N–H and O–H groups in total. The van der Waals surface area contributed by atoms with Crippen LogP contribution in [0.25, 0.3) is 0 Å². The van der Waals surface area contributed by atoms with Crippen molar-refractivity contribution in [2.24, 2.45) is 0 Å². The van der Waals surface area contributed by atoms with E-state index in [4.69, 9.17) is 11.6 Å². The van der Waals surface area contributed by atoms with Crippen LogP contribution in [0.2, 0.25) is 5.02 Å². The van der Waals surface area contributed by atoms with E-state index in [1.54, 1.807) is 0 Å². The van der Waals surface area contributed by atoms with Crippen molar-refractivity contribution in [3.63, 3.8) is 0 Å². The van der Waals surface area contributed by atoms with Crippen molar-refractivity contribution in [1.29, 1.82) is 0 Å². The van der Waals surface area contributed by atoms with Crippen molar-refractivity contribution in [2.75, 3.05) is 9.73 Å². The van der Waals surface area contributed by atoms with E-state index in [-0.39, 0.29) is 28.5 Å². The summed E-state index contributed by atoms with van der Waals surface area (Å²) in [6.45, 7) is 0.0842. The van der Waals surface area contributed by atoms with Gasteiger partial charge in [0.25, 0.3) is 15.9 Å². The minimum Gasteiger partial charge on any atom is -0.322 e. The molecule has 3 aromatic carbocycles. The zero-order chi connectivity index (χ0) is 24.0. The topological polar surface area (TPSA) is 78.5 Å². The fourth-order valence-corrected chi connectivity index (χ4v) is 4.93. The molecule has 0 aliphatic carbocycles. The molecule has 4 rings (SSSR count). The normalized spacial score (nSPS) is 13.7. The van der Waals surface area contributed by atoms with Gasteiger partial charge < -0.3 is 5.32 Å². The maximum atomic E-state index is 14.0. The summed E-state index contributed by atoms with van der Waals surface area (Å²) in [4.78, 5) is 11.9. The highest BCUT2D eigenvalue weighted by Crippen LogP contribution is 2.35. The van der Waals surface area contributed by atoms with Gasteiger partial charge in [0.05, 0.1) is 26.7 Å². The molecule has 1 amide bonds. The van der Waals surface area contributed by atoms with Crippen LogP contribution in [0.5, 0.6) is 0 Å². The van der Waals surface area contributed by atoms with Gasteiger partial charge in [-0.3, -0.25) is 4.79 Å². The third-order valence-corrected chi connectivity index (χ3v) is 6.84. The Labute approximate surface area is 190 Å². The van der Waals surface area contributed by atoms with Gasteiger partial charge in [-0.1, -0.05) is 29.8 Å². The number of rotatable bonds is 4. The van der Waals surface area contributed by atoms with Gasteiger partial charge in [-0.2, -0.15) is 26.0 Å². The van der Waals surface area contributed by atoms with E-state index in [9.17, 15) is 30.8 Å². The molecule has 33 heavy (non-hydrogen) atoms. The molecule has 12 heteroatoms. The molecule has 0 spiro atoms. The maximum Gasteiger partial charge on any atom is 0.416 e. The lowest BCUT2D eigenvalue weighted by molar-refractivity contribution is -0.137. The molecule has 0 radical (unpaired) electrons. The second-order valence-electron chi connectivity index (χ2n) is 7.02. The average molecular weight is 500 g/mol. The minimum atomic E-state index is -4.71. The van der Waals surface area contributed by atoms with Crippen molar-refractivity contribution < 1.29 is 30.8 Å². The number of sulfonamides is 1. The average Bonchev–Trinajstić information content (AvgIpc) is 3.17. The summed E-state index contributed by atoms with van der Waals surface area (Å²) in [6, 6.07) is 11.4. The standard InChI is InChI=1S/C21H14ClF4N3O3S/c22-16-5-2-6-17(23)19(16)20(30)28-14-8-7-12-11-27-29(18(12)10-14)33(31,32)15-4-1-3-13(9-15)21(24,25)26/h1-10,27H,11H2,(H,28,30). The second-order valence-corrected chi connectivity index (χ2v) is 9.22. The Balaban J connectivity index is 1.66. The summed E-state index contributed by atoms with van der Waals surface area (Å²) in [6.07, 6.45) is -4.71. The van der Waals surface area contributed by atoms with E-state index >= 15 is 0 Å². The van der Waals surface area contributed by atoms with Crippen LogP contribution in [0.4, 0.5) is 28.9 Å². The molecule has 1 aliphatic rings. The van der Waals surface area contributed by atoms with E-state index in [1.807, 2.05) is 0 Å². The quantitative estimate of drug-likeness (QED) is 0.497. The van der Waals surface area contributed by atoms with Gasteiger partial charge in [0.2, 0.25) is 0 Å². The number of carbonyl (C=O) groups is 1. The third-order valence-electron chi connectivity index (χ3n) is 4.86. The first-order valence-electron chi connectivity index (χ1n) is 9.33. The van der Waals surface area contributed by atoms with Crippen LogP contribution >= 0.6 is 11.6 Å². The van der Waals surface area contributed by atoms with Crippen molar-refractivity contribution in [1.82, 2.24) is 5.43 Å². The van der Waals surface area contributed by atoms with Crippen LogP contribution in [-0.2, 0) is 22.7 Å². The Bertz CT molecular complexity index is 1340. The number of amides is 1. The number of halogens is 5. The van der Waals surface area contributed by atoms with Crippen molar-refractivity contribution in [2.45, 2.75) is 17.6 Å². The fourth-order valence-electron chi connectivity index (χ4n) is 3.28. The molecule has 0 bridgehead atoms. The van der Waals surface area contributed by atoms with E-state index in [0.29, 0.717) is 11.6 Å². The number of anilines is 2. The van der Waals surface area contributed by atoms with Crippen LogP contribution in [0.1, 0.15) is 21.5 Å². The Kier molecular flexibility index (Phi) is 5.81. The first kappa shape index (κ1) is 23.0. The Morgan fingerprint density at radius 2 is 1.79 bits per heavy atom. The van der Waals surface area contributed by atoms with Crippen LogP contribution in [0.3, 0.4) is 0 Å². The van der Waals surface area contributed by atoms with Gasteiger partial charge in [-0.25, -0.2) is 9.82 Å². The number of benzene rings is 3. The molecule has 3 aromatic rings. The predicted octanol–water partition coefficient (Wildman–Crippen LogP) is 4.96. The molecule has 1 heterocycles. The molecular weight excluding hydrogens is 486 g/mol. The number of nitrogens with one attached hydrogen (secondary N) is 2. The number of carbonyl (C=O) groups excluding carboxylic acids is 1. The molecule has 6 nitrogen and oxygen atoms in total. The molecule has 0 saturated carbocycles. The highest BCUT2D eigenvalue weighted by Gasteiger charge is 2.35. The van der Waals surface area contributed by atoms with Crippen LogP contribution in [-0.4, -0.2) is 14.3 Å². The molecular formula is C21H14ClF4N3O3S. The smallest absolute Gasteiger partial charge is 0.322 e. The third kappa shape index (κ3) is 4.39. The van der Waals surface area contributed by atoms with Gasteiger partial charge >= 0.3 is 6.18 Å². The molecule has 0 unspecified atom stereocenters. The molecule has 0 atom stereocenters. The number of hydrogen-bond donors (Lipinski definition) is 2. The molecule has 0 saturated heterocycles. The van der Waals surface area contributed by atoms with E-state index in [2.05, 4.69) is 10.7 Å². The molecule has 1 aliphatic heterocycles. The lowest BCUT2D eigenvalue weighted by Crippen LogP contribution is -2.38.